The fourth-order valence-electron chi connectivity index (χ4n) is 4.05. The van der Waals surface area contributed by atoms with Crippen molar-refractivity contribution in [3.05, 3.63) is 40.3 Å². The average molecular weight is 481 g/mol. The first-order chi connectivity index (χ1) is 15.9. The summed E-state index contributed by atoms with van der Waals surface area (Å²) in [5, 5.41) is 22.7. The van der Waals surface area contributed by atoms with Gasteiger partial charge >= 0.3 is 0 Å². The van der Waals surface area contributed by atoms with Gasteiger partial charge in [0.15, 0.2) is 11.0 Å². The molecule has 1 atom stereocenters. The molecule has 0 spiro atoms. The average Bonchev–Trinajstić information content (AvgIpc) is 3.37. The van der Waals surface area contributed by atoms with Crippen molar-refractivity contribution in [1.82, 2.24) is 14.8 Å². The normalized spacial score (nSPS) is 15.1. The summed E-state index contributed by atoms with van der Waals surface area (Å²) < 4.78 is 2.02. The number of fused-ring (bicyclic) bond motifs is 1. The number of nitrogens with one attached hydrogen (secondary N) is 1. The SMILES string of the molecule is CCn1c(SCC(=O)Nc2sc3c(c2C#N)CCC(C)C3)nnc1-c1ccc(N(C)C)cc1. The molecular formula is C24H28N6OS2. The van der Waals surface area contributed by atoms with Gasteiger partial charge in [-0.2, -0.15) is 5.26 Å². The van der Waals surface area contributed by atoms with E-state index in [-0.39, 0.29) is 11.7 Å². The summed E-state index contributed by atoms with van der Waals surface area (Å²) in [6, 6.07) is 10.5. The maximum absolute atomic E-state index is 12.7. The second kappa shape index (κ2) is 9.98. The minimum Gasteiger partial charge on any atom is -0.378 e. The van der Waals surface area contributed by atoms with Crippen LogP contribution >= 0.6 is 23.1 Å². The van der Waals surface area contributed by atoms with Crippen LogP contribution in [0.15, 0.2) is 29.4 Å². The molecule has 1 amide bonds. The monoisotopic (exact) mass is 480 g/mol. The summed E-state index contributed by atoms with van der Waals surface area (Å²) in [7, 11) is 4.02. The number of benzene rings is 1. The second-order valence-electron chi connectivity index (χ2n) is 8.50. The Kier molecular flexibility index (Phi) is 7.05. The molecule has 0 fully saturated rings. The molecular weight excluding hydrogens is 452 g/mol. The van der Waals surface area contributed by atoms with Crippen molar-refractivity contribution in [1.29, 1.82) is 5.26 Å². The van der Waals surface area contributed by atoms with E-state index >= 15 is 0 Å². The van der Waals surface area contributed by atoms with Gasteiger partial charge < -0.3 is 14.8 Å². The molecule has 1 aromatic carbocycles. The summed E-state index contributed by atoms with van der Waals surface area (Å²) in [5.41, 5.74) is 3.87. The van der Waals surface area contributed by atoms with Crippen molar-refractivity contribution in [2.45, 2.75) is 44.8 Å². The number of nitriles is 1. The van der Waals surface area contributed by atoms with Crippen molar-refractivity contribution in [3.8, 4) is 17.5 Å². The third-order valence-electron chi connectivity index (χ3n) is 5.88. The predicted molar refractivity (Wildman–Crippen MR) is 135 cm³/mol. The Morgan fingerprint density at radius 3 is 2.76 bits per heavy atom. The zero-order valence-corrected chi connectivity index (χ0v) is 21.0. The zero-order valence-electron chi connectivity index (χ0n) is 19.4. The summed E-state index contributed by atoms with van der Waals surface area (Å²) >= 11 is 2.91. The highest BCUT2D eigenvalue weighted by molar-refractivity contribution is 7.99. The van der Waals surface area contributed by atoms with Gasteiger partial charge in [0.25, 0.3) is 0 Å². The Morgan fingerprint density at radius 1 is 1.33 bits per heavy atom. The number of hydrogen-bond acceptors (Lipinski definition) is 7. The van der Waals surface area contributed by atoms with Gasteiger partial charge in [-0.25, -0.2) is 0 Å². The Labute approximate surface area is 202 Å². The first-order valence-electron chi connectivity index (χ1n) is 11.1. The van der Waals surface area contributed by atoms with Crippen molar-refractivity contribution in [3.63, 3.8) is 0 Å². The molecule has 1 aliphatic rings. The van der Waals surface area contributed by atoms with Crippen LogP contribution in [0.5, 0.6) is 0 Å². The van der Waals surface area contributed by atoms with E-state index in [9.17, 15) is 10.1 Å². The lowest BCUT2D eigenvalue weighted by molar-refractivity contribution is -0.113. The number of aromatic nitrogens is 3. The fraction of sp³-hybridized carbons (Fsp3) is 0.417. The molecule has 9 heteroatoms. The van der Waals surface area contributed by atoms with Crippen LogP contribution in [0.1, 0.15) is 36.3 Å². The molecule has 0 saturated carbocycles. The Balaban J connectivity index is 1.45. The van der Waals surface area contributed by atoms with Crippen molar-refractivity contribution in [2.24, 2.45) is 5.92 Å². The molecule has 2 heterocycles. The smallest absolute Gasteiger partial charge is 0.235 e. The van der Waals surface area contributed by atoms with E-state index in [4.69, 9.17) is 0 Å². The summed E-state index contributed by atoms with van der Waals surface area (Å²) in [6.45, 7) is 4.98. The van der Waals surface area contributed by atoms with Gasteiger partial charge in [-0.1, -0.05) is 18.7 Å². The lowest BCUT2D eigenvalue weighted by Gasteiger charge is -2.17. The molecule has 1 unspecified atom stereocenters. The van der Waals surface area contributed by atoms with Crippen LogP contribution in [0.3, 0.4) is 0 Å². The van der Waals surface area contributed by atoms with Crippen LogP contribution in [0, 0.1) is 17.2 Å². The summed E-state index contributed by atoms with van der Waals surface area (Å²) in [5.74, 6) is 1.49. The minimum absolute atomic E-state index is 0.134. The topological polar surface area (TPSA) is 86.8 Å². The van der Waals surface area contributed by atoms with Gasteiger partial charge in [0.2, 0.25) is 5.91 Å². The van der Waals surface area contributed by atoms with E-state index in [2.05, 4.69) is 45.5 Å². The second-order valence-corrected chi connectivity index (χ2v) is 10.5. The number of carbonyl (C=O) groups is 1. The van der Waals surface area contributed by atoms with Gasteiger partial charge in [0, 0.05) is 36.8 Å². The van der Waals surface area contributed by atoms with Crippen LogP contribution in [-0.2, 0) is 24.2 Å². The summed E-state index contributed by atoms with van der Waals surface area (Å²) in [6.07, 6.45) is 2.99. The maximum Gasteiger partial charge on any atom is 0.235 e. The molecule has 1 aliphatic carbocycles. The van der Waals surface area contributed by atoms with Crippen molar-refractivity contribution >= 4 is 39.7 Å². The van der Waals surface area contributed by atoms with E-state index in [0.29, 0.717) is 28.2 Å². The van der Waals surface area contributed by atoms with Gasteiger partial charge in [-0.3, -0.25) is 4.79 Å². The largest absolute Gasteiger partial charge is 0.378 e. The number of nitrogens with zero attached hydrogens (tertiary/aromatic N) is 5. The number of thiophene rings is 1. The van der Waals surface area contributed by atoms with Crippen LogP contribution in [0.25, 0.3) is 11.4 Å². The molecule has 0 bridgehead atoms. The number of rotatable bonds is 7. The van der Waals surface area contributed by atoms with Gasteiger partial charge in [-0.15, -0.1) is 21.5 Å². The molecule has 7 nitrogen and oxygen atoms in total. The number of hydrogen-bond donors (Lipinski definition) is 1. The third kappa shape index (κ3) is 4.92. The molecule has 3 aromatic rings. The van der Waals surface area contributed by atoms with Crippen LogP contribution in [0.4, 0.5) is 10.7 Å². The highest BCUT2D eigenvalue weighted by atomic mass is 32.2. The molecule has 33 heavy (non-hydrogen) atoms. The molecule has 4 rings (SSSR count). The van der Waals surface area contributed by atoms with Gasteiger partial charge in [0.05, 0.1) is 11.3 Å². The maximum atomic E-state index is 12.7. The quantitative estimate of drug-likeness (QED) is 0.488. The minimum atomic E-state index is -0.134. The number of thioether (sulfide) groups is 1. The molecule has 1 N–H and O–H groups in total. The lowest BCUT2D eigenvalue weighted by atomic mass is 9.89. The van der Waals surface area contributed by atoms with E-state index in [1.165, 1.54) is 16.6 Å². The Bertz CT molecular complexity index is 1190. The van der Waals surface area contributed by atoms with Crippen molar-refractivity contribution in [2.75, 3.05) is 30.1 Å². The zero-order chi connectivity index (χ0) is 23.5. The number of carbonyl (C=O) groups excluding carboxylic acids is 1. The van der Waals surface area contributed by atoms with E-state index in [0.717, 1.165) is 41.9 Å². The van der Waals surface area contributed by atoms with E-state index in [1.807, 2.05) is 37.7 Å². The third-order valence-corrected chi connectivity index (χ3v) is 8.02. The van der Waals surface area contributed by atoms with Gasteiger partial charge in [-0.05, 0) is 61.9 Å². The van der Waals surface area contributed by atoms with Crippen molar-refractivity contribution < 1.29 is 4.79 Å². The molecule has 0 saturated heterocycles. The first-order valence-corrected chi connectivity index (χ1v) is 12.9. The molecule has 0 aliphatic heterocycles. The number of anilines is 2. The molecule has 0 radical (unpaired) electrons. The summed E-state index contributed by atoms with van der Waals surface area (Å²) in [4.78, 5) is 16.0. The van der Waals surface area contributed by atoms with Crippen LogP contribution in [-0.4, -0.2) is 40.5 Å². The number of amides is 1. The predicted octanol–water partition coefficient (Wildman–Crippen LogP) is 4.82. The Morgan fingerprint density at radius 2 is 2.09 bits per heavy atom. The molecule has 172 valence electrons. The standard InChI is InChI=1S/C24H28N6OS2/c1-5-30-22(16-7-9-17(10-8-16)29(3)4)27-28-24(30)32-14-21(31)26-23-19(13-25)18-11-6-15(2)12-20(18)33-23/h7-10,15H,5-6,11-12,14H2,1-4H3,(H,26,31). The fourth-order valence-corrected chi connectivity index (χ4v) is 6.23. The lowest BCUT2D eigenvalue weighted by Crippen LogP contribution is -2.14. The van der Waals surface area contributed by atoms with Gasteiger partial charge in [0.1, 0.15) is 11.1 Å². The van der Waals surface area contributed by atoms with Crippen LogP contribution < -0.4 is 10.2 Å². The highest BCUT2D eigenvalue weighted by Crippen LogP contribution is 2.39. The first kappa shape index (κ1) is 23.3. The van der Waals surface area contributed by atoms with E-state index < -0.39 is 0 Å². The molecule has 2 aromatic heterocycles. The van der Waals surface area contributed by atoms with Crippen LogP contribution in [0.2, 0.25) is 0 Å². The van der Waals surface area contributed by atoms with E-state index in [1.54, 1.807) is 11.3 Å². The Hall–Kier alpha value is -2.83. The highest BCUT2D eigenvalue weighted by Gasteiger charge is 2.25.